The maximum absolute atomic E-state index is 12.8. The number of nitrogens with zero attached hydrogens (tertiary/aromatic N) is 3. The average molecular weight is 321 g/mol. The van der Waals surface area contributed by atoms with Crippen molar-refractivity contribution in [2.45, 2.75) is 0 Å². The maximum atomic E-state index is 12.8. The molecule has 110 valence electrons. The van der Waals surface area contributed by atoms with E-state index in [1.54, 1.807) is 61.0 Å². The van der Waals surface area contributed by atoms with Crippen LogP contribution in [0.1, 0.15) is 0 Å². The summed E-state index contributed by atoms with van der Waals surface area (Å²) in [6, 6.07) is 17.6. The third-order valence-corrected chi connectivity index (χ3v) is 4.71. The minimum Gasteiger partial charge on any atom is -0.307 e. The first kappa shape index (κ1) is 17.2. The summed E-state index contributed by atoms with van der Waals surface area (Å²) in [5.41, 5.74) is 8.61. The first-order chi connectivity index (χ1) is 10.0. The van der Waals surface area contributed by atoms with Crippen LogP contribution < -0.4 is 10.6 Å². The molecule has 0 spiro atoms. The van der Waals surface area contributed by atoms with E-state index >= 15 is 0 Å². The minimum absolute atomic E-state index is 0.545. The van der Waals surface area contributed by atoms with Crippen LogP contribution in [-0.2, 0) is 15.4 Å². The van der Waals surface area contributed by atoms with E-state index in [0.717, 1.165) is 0 Å². The molecule has 0 fully saturated rings. The van der Waals surface area contributed by atoms with E-state index in [-0.39, 0.29) is 0 Å². The maximum Gasteiger partial charge on any atom is 0.228 e. The van der Waals surface area contributed by atoms with Gasteiger partial charge in [-0.1, -0.05) is 60.7 Å². The molecule has 0 amide bonds. The predicted octanol–water partition coefficient (Wildman–Crippen LogP) is 3.22. The lowest BCUT2D eigenvalue weighted by molar-refractivity contribution is 0.588. The van der Waals surface area contributed by atoms with Gasteiger partial charge >= 0.3 is 0 Å². The van der Waals surface area contributed by atoms with E-state index in [4.69, 9.17) is 5.53 Å². The fraction of sp³-hybridized carbons (Fsp3) is 0.143. The Bertz CT molecular complexity index is 638. The lowest BCUT2D eigenvalue weighted by Crippen LogP contribution is -2.13. The van der Waals surface area contributed by atoms with E-state index < -0.39 is 18.1 Å². The van der Waals surface area contributed by atoms with Gasteiger partial charge in [0.2, 0.25) is 7.29 Å². The van der Waals surface area contributed by atoms with Gasteiger partial charge in [0.05, 0.1) is 0 Å². The van der Waals surface area contributed by atoms with E-state index in [2.05, 4.69) is 9.80 Å². The molecule has 0 heterocycles. The minimum atomic E-state index is -3.22. The monoisotopic (exact) mass is 321 g/mol. The van der Waals surface area contributed by atoms with Gasteiger partial charge in [-0.25, -0.2) is 0 Å². The van der Waals surface area contributed by atoms with Gasteiger partial charge < -0.3 is 4.57 Å². The Morgan fingerprint density at radius 1 is 0.952 bits per heavy atom. The van der Waals surface area contributed by atoms with E-state index in [9.17, 15) is 8.77 Å². The van der Waals surface area contributed by atoms with Gasteiger partial charge in [-0.15, -0.1) is 0 Å². The highest BCUT2D eigenvalue weighted by Crippen LogP contribution is 2.44. The number of hydrogen-bond acceptors (Lipinski definition) is 2. The molecule has 0 N–H and O–H groups in total. The van der Waals surface area contributed by atoms with Crippen molar-refractivity contribution in [3.8, 4) is 0 Å². The molecule has 2 rings (SSSR count). The van der Waals surface area contributed by atoms with E-state index in [1.165, 1.54) is 0 Å². The molecule has 2 aromatic rings. The second-order valence-electron chi connectivity index (χ2n) is 4.17. The van der Waals surface area contributed by atoms with Gasteiger partial charge in [0.1, 0.15) is 0 Å². The molecular weight excluding hydrogens is 305 g/mol. The van der Waals surface area contributed by atoms with Crippen molar-refractivity contribution in [3.05, 3.63) is 71.1 Å². The molecule has 0 atom stereocenters. The molecule has 0 radical (unpaired) electrons. The number of rotatable bonds is 3. The molecule has 0 bridgehead atoms. The van der Waals surface area contributed by atoms with Gasteiger partial charge in [-0.2, -0.15) is 0 Å². The van der Waals surface area contributed by atoms with Gasteiger partial charge in [-0.05, 0) is 10.4 Å². The smallest absolute Gasteiger partial charge is 0.228 e. The Labute approximate surface area is 126 Å². The predicted molar refractivity (Wildman–Crippen MR) is 88.9 cm³/mol. The average Bonchev–Trinajstić information content (AvgIpc) is 2.49. The van der Waals surface area contributed by atoms with Crippen molar-refractivity contribution in [3.63, 3.8) is 0 Å². The zero-order chi connectivity index (χ0) is 15.7. The molecule has 7 heteroatoms. The highest BCUT2D eigenvalue weighted by atomic mass is 32.2. The van der Waals surface area contributed by atoms with Crippen molar-refractivity contribution in [1.82, 2.24) is 0 Å². The normalized spacial score (nSPS) is 10.2. The molecule has 0 aromatic heterocycles. The van der Waals surface area contributed by atoms with E-state index in [0.29, 0.717) is 10.6 Å². The Morgan fingerprint density at radius 3 is 1.57 bits per heavy atom. The topological polar surface area (TPSA) is 82.9 Å². The van der Waals surface area contributed by atoms with Crippen LogP contribution in [-0.4, -0.2) is 16.7 Å². The molecule has 2 aromatic carbocycles. The van der Waals surface area contributed by atoms with Crippen molar-refractivity contribution >= 4 is 28.7 Å². The molecular formula is C14H16N3O2PS. The summed E-state index contributed by atoms with van der Waals surface area (Å²) in [4.78, 5) is 6.26. The summed E-state index contributed by atoms with van der Waals surface area (Å²) in [5, 5.41) is 1.09. The second kappa shape index (κ2) is 8.42. The summed E-state index contributed by atoms with van der Waals surface area (Å²) in [7, 11) is -3.83. The van der Waals surface area contributed by atoms with Gasteiger partial charge in [0.15, 0.2) is 0 Å². The molecule has 0 unspecified atom stereocenters. The Kier molecular flexibility index (Phi) is 6.89. The zero-order valence-electron chi connectivity index (χ0n) is 11.8. The van der Waals surface area contributed by atoms with Gasteiger partial charge in [0, 0.05) is 38.8 Å². The van der Waals surface area contributed by atoms with Crippen LogP contribution in [0.4, 0.5) is 0 Å². The number of azide groups is 1. The lowest BCUT2D eigenvalue weighted by atomic mass is 10.4. The van der Waals surface area contributed by atoms with Crippen molar-refractivity contribution in [1.29, 1.82) is 0 Å². The van der Waals surface area contributed by atoms with Crippen LogP contribution in [0.25, 0.3) is 10.4 Å². The standard InChI is InChI=1S/C12H10N3OP.C2H6OS/c13-14-15-17(16,11-7-3-1-4-8-11)12-9-5-2-6-10-12;1-4(2)3/h1-10H;1-2H3. The molecule has 0 aliphatic heterocycles. The highest BCUT2D eigenvalue weighted by molar-refractivity contribution is 7.83. The van der Waals surface area contributed by atoms with Crippen LogP contribution in [0.5, 0.6) is 0 Å². The highest BCUT2D eigenvalue weighted by Gasteiger charge is 2.25. The molecule has 5 nitrogen and oxygen atoms in total. The first-order valence-electron chi connectivity index (χ1n) is 6.03. The summed E-state index contributed by atoms with van der Waals surface area (Å²) < 4.78 is 22.4. The van der Waals surface area contributed by atoms with E-state index in [1.807, 2.05) is 12.1 Å². The third kappa shape index (κ3) is 5.20. The van der Waals surface area contributed by atoms with Crippen LogP contribution in [0.15, 0.2) is 65.5 Å². The van der Waals surface area contributed by atoms with Gasteiger partial charge in [0.25, 0.3) is 0 Å². The van der Waals surface area contributed by atoms with Gasteiger partial charge in [-0.3, -0.25) is 4.21 Å². The zero-order valence-corrected chi connectivity index (χ0v) is 13.5. The summed E-state index contributed by atoms with van der Waals surface area (Å²) in [6.07, 6.45) is 3.28. The fourth-order valence-corrected chi connectivity index (χ4v) is 3.34. The van der Waals surface area contributed by atoms with Crippen LogP contribution in [0, 0.1) is 0 Å². The Balaban J connectivity index is 0.000000491. The molecule has 0 aliphatic rings. The largest absolute Gasteiger partial charge is 0.307 e. The Hall–Kier alpha value is -1.87. The quantitative estimate of drug-likeness (QED) is 0.376. The second-order valence-corrected chi connectivity index (χ2v) is 8.01. The van der Waals surface area contributed by atoms with Crippen LogP contribution in [0.2, 0.25) is 0 Å². The van der Waals surface area contributed by atoms with Crippen molar-refractivity contribution in [2.24, 2.45) is 4.88 Å². The van der Waals surface area contributed by atoms with Crippen molar-refractivity contribution < 1.29 is 8.77 Å². The molecule has 21 heavy (non-hydrogen) atoms. The summed E-state index contributed by atoms with van der Waals surface area (Å²) in [5.74, 6) is 0. The fourth-order valence-electron chi connectivity index (χ4n) is 1.57. The van der Waals surface area contributed by atoms with Crippen molar-refractivity contribution in [2.75, 3.05) is 12.5 Å². The van der Waals surface area contributed by atoms with Crippen LogP contribution in [0.3, 0.4) is 0 Å². The van der Waals surface area contributed by atoms with Crippen LogP contribution >= 0.6 is 7.29 Å². The summed E-state index contributed by atoms with van der Waals surface area (Å²) in [6.45, 7) is 0. The lowest BCUT2D eigenvalue weighted by Gasteiger charge is -2.12. The summed E-state index contributed by atoms with van der Waals surface area (Å²) >= 11 is 0. The molecule has 0 aliphatic carbocycles. The first-order valence-corrected chi connectivity index (χ1v) is 9.66. The SMILES string of the molecule is CS(C)=O.[N-]=[N+]=NP(=O)(c1ccccc1)c1ccccc1. The Morgan fingerprint density at radius 2 is 1.29 bits per heavy atom. The molecule has 0 saturated heterocycles. The number of hydrogen-bond donors (Lipinski definition) is 0. The third-order valence-electron chi connectivity index (χ3n) is 2.38. The number of benzene rings is 2. The molecule has 0 saturated carbocycles.